The molecule has 0 unspecified atom stereocenters. The monoisotopic (exact) mass is 361 g/mol. The predicted octanol–water partition coefficient (Wildman–Crippen LogP) is 1.87. The highest BCUT2D eigenvalue weighted by Gasteiger charge is 2.17. The molecular weight excluding hydrogens is 342 g/mol. The summed E-state index contributed by atoms with van der Waals surface area (Å²) < 4.78 is 5.38. The first kappa shape index (κ1) is 17.4. The summed E-state index contributed by atoms with van der Waals surface area (Å²) >= 11 is 5.87. The average molecular weight is 362 g/mol. The van der Waals surface area contributed by atoms with Gasteiger partial charge in [-0.05, 0) is 17.7 Å². The lowest BCUT2D eigenvalue weighted by Crippen LogP contribution is -2.37. The van der Waals surface area contributed by atoms with E-state index in [9.17, 15) is 0 Å². The van der Waals surface area contributed by atoms with Gasteiger partial charge in [-0.15, -0.1) is 0 Å². The molecule has 1 N–H and O–H groups in total. The molecular formula is C16H20ClN7O. The van der Waals surface area contributed by atoms with Crippen LogP contribution in [0.25, 0.3) is 0 Å². The molecule has 0 bridgehead atoms. The number of anilines is 3. The van der Waals surface area contributed by atoms with E-state index in [2.05, 4.69) is 30.4 Å². The largest absolute Gasteiger partial charge is 0.378 e. The van der Waals surface area contributed by atoms with Crippen molar-refractivity contribution in [2.75, 3.05) is 55.6 Å². The second-order valence-electron chi connectivity index (χ2n) is 5.67. The van der Waals surface area contributed by atoms with E-state index >= 15 is 0 Å². The van der Waals surface area contributed by atoms with E-state index in [1.807, 2.05) is 43.3 Å². The minimum Gasteiger partial charge on any atom is -0.378 e. The van der Waals surface area contributed by atoms with Crippen LogP contribution in [0.5, 0.6) is 0 Å². The Balaban J connectivity index is 1.77. The van der Waals surface area contributed by atoms with Gasteiger partial charge in [0.25, 0.3) is 0 Å². The lowest BCUT2D eigenvalue weighted by Gasteiger charge is -2.27. The number of morpholine rings is 1. The molecule has 0 spiro atoms. The topological polar surface area (TPSA) is 78.8 Å². The zero-order valence-electron chi connectivity index (χ0n) is 14.2. The van der Waals surface area contributed by atoms with Gasteiger partial charge in [0, 0.05) is 32.2 Å². The molecule has 8 nitrogen and oxygen atoms in total. The molecule has 0 saturated carbocycles. The van der Waals surface area contributed by atoms with Gasteiger partial charge in [-0.2, -0.15) is 20.1 Å². The molecule has 1 aromatic carbocycles. The number of nitrogens with one attached hydrogen (secondary N) is 1. The van der Waals surface area contributed by atoms with Crippen molar-refractivity contribution < 1.29 is 4.74 Å². The highest BCUT2D eigenvalue weighted by atomic mass is 35.5. The maximum atomic E-state index is 5.87. The molecule has 9 heteroatoms. The zero-order chi connectivity index (χ0) is 17.6. The average Bonchev–Trinajstić information content (AvgIpc) is 2.64. The van der Waals surface area contributed by atoms with Crippen LogP contribution in [0.3, 0.4) is 0 Å². The lowest BCUT2D eigenvalue weighted by atomic mass is 10.2. The van der Waals surface area contributed by atoms with Gasteiger partial charge in [-0.1, -0.05) is 23.7 Å². The Labute approximate surface area is 151 Å². The standard InChI is InChI=1S/C16H20ClN7O/c1-23(2)15-19-14(20-16(21-15)24-7-9-25-10-8-24)22-18-11-12-3-5-13(17)6-4-12/h3-6,11H,7-10H2,1-2H3,(H,19,20,21,22)/b18-11+. The van der Waals surface area contributed by atoms with Crippen LogP contribution in [0.15, 0.2) is 29.4 Å². The summed E-state index contributed by atoms with van der Waals surface area (Å²) in [4.78, 5) is 17.2. The van der Waals surface area contributed by atoms with Crippen molar-refractivity contribution in [1.82, 2.24) is 15.0 Å². The summed E-state index contributed by atoms with van der Waals surface area (Å²) in [6, 6.07) is 7.38. The normalized spacial score (nSPS) is 14.8. The van der Waals surface area contributed by atoms with Crippen LogP contribution in [-0.2, 0) is 4.74 Å². The van der Waals surface area contributed by atoms with Gasteiger partial charge in [0.2, 0.25) is 17.8 Å². The number of hydrazone groups is 1. The van der Waals surface area contributed by atoms with Gasteiger partial charge in [0.15, 0.2) is 0 Å². The molecule has 0 atom stereocenters. The summed E-state index contributed by atoms with van der Waals surface area (Å²) in [5.41, 5.74) is 3.80. The van der Waals surface area contributed by atoms with Crippen molar-refractivity contribution in [1.29, 1.82) is 0 Å². The fourth-order valence-corrected chi connectivity index (χ4v) is 2.35. The second kappa shape index (κ2) is 8.09. The minimum absolute atomic E-state index is 0.394. The molecule has 1 saturated heterocycles. The van der Waals surface area contributed by atoms with E-state index in [-0.39, 0.29) is 0 Å². The number of hydrogen-bond donors (Lipinski definition) is 1. The predicted molar refractivity (Wildman–Crippen MR) is 99.9 cm³/mol. The van der Waals surface area contributed by atoms with E-state index in [0.29, 0.717) is 36.1 Å². The summed E-state index contributed by atoms with van der Waals surface area (Å²) in [6.07, 6.45) is 1.68. The molecule has 132 valence electrons. The first-order valence-corrected chi connectivity index (χ1v) is 8.30. The Morgan fingerprint density at radius 2 is 1.88 bits per heavy atom. The molecule has 25 heavy (non-hydrogen) atoms. The Hall–Kier alpha value is -2.45. The van der Waals surface area contributed by atoms with Gasteiger partial charge < -0.3 is 14.5 Å². The van der Waals surface area contributed by atoms with E-state index in [4.69, 9.17) is 16.3 Å². The number of hydrogen-bond acceptors (Lipinski definition) is 8. The van der Waals surface area contributed by atoms with E-state index in [1.165, 1.54) is 0 Å². The third-order valence-electron chi connectivity index (χ3n) is 3.55. The number of ether oxygens (including phenoxy) is 1. The van der Waals surface area contributed by atoms with Gasteiger partial charge >= 0.3 is 0 Å². The van der Waals surface area contributed by atoms with Crippen molar-refractivity contribution in [2.24, 2.45) is 5.10 Å². The minimum atomic E-state index is 0.394. The van der Waals surface area contributed by atoms with Crippen LogP contribution in [-0.4, -0.2) is 61.6 Å². The molecule has 0 aliphatic carbocycles. The Bertz CT molecular complexity index is 730. The zero-order valence-corrected chi connectivity index (χ0v) is 14.9. The Morgan fingerprint density at radius 1 is 1.16 bits per heavy atom. The molecule has 2 heterocycles. The highest BCUT2D eigenvalue weighted by Crippen LogP contribution is 2.16. The quantitative estimate of drug-likeness (QED) is 0.643. The van der Waals surface area contributed by atoms with Crippen LogP contribution in [0, 0.1) is 0 Å². The van der Waals surface area contributed by atoms with Crippen molar-refractivity contribution >= 4 is 35.7 Å². The Morgan fingerprint density at radius 3 is 2.56 bits per heavy atom. The molecule has 2 aromatic rings. The van der Waals surface area contributed by atoms with Crippen LogP contribution in [0.2, 0.25) is 5.02 Å². The van der Waals surface area contributed by atoms with Gasteiger partial charge in [0.05, 0.1) is 19.4 Å². The van der Waals surface area contributed by atoms with Gasteiger partial charge in [0.1, 0.15) is 0 Å². The summed E-state index contributed by atoms with van der Waals surface area (Å²) in [5.74, 6) is 1.58. The van der Waals surface area contributed by atoms with Crippen molar-refractivity contribution in [3.8, 4) is 0 Å². The van der Waals surface area contributed by atoms with Crippen LogP contribution in [0.4, 0.5) is 17.8 Å². The SMILES string of the molecule is CN(C)c1nc(N/N=C/c2ccc(Cl)cc2)nc(N2CCOCC2)n1. The molecule has 1 aliphatic heterocycles. The van der Waals surface area contributed by atoms with E-state index < -0.39 is 0 Å². The molecule has 3 rings (SSSR count). The first-order valence-electron chi connectivity index (χ1n) is 7.92. The van der Waals surface area contributed by atoms with E-state index in [0.717, 1.165) is 18.7 Å². The second-order valence-corrected chi connectivity index (χ2v) is 6.11. The third kappa shape index (κ3) is 4.77. The molecule has 1 aliphatic rings. The van der Waals surface area contributed by atoms with Crippen LogP contribution >= 0.6 is 11.6 Å². The van der Waals surface area contributed by atoms with Gasteiger partial charge in [-0.3, -0.25) is 0 Å². The number of nitrogens with zero attached hydrogens (tertiary/aromatic N) is 6. The number of benzene rings is 1. The maximum absolute atomic E-state index is 5.87. The van der Waals surface area contributed by atoms with Crippen molar-refractivity contribution in [2.45, 2.75) is 0 Å². The number of aromatic nitrogens is 3. The first-order chi connectivity index (χ1) is 12.1. The third-order valence-corrected chi connectivity index (χ3v) is 3.81. The summed E-state index contributed by atoms with van der Waals surface area (Å²) in [5, 5.41) is 4.88. The van der Waals surface area contributed by atoms with Crippen molar-refractivity contribution in [3.63, 3.8) is 0 Å². The number of rotatable bonds is 5. The fourth-order valence-electron chi connectivity index (χ4n) is 2.22. The molecule has 1 fully saturated rings. The fraction of sp³-hybridized carbons (Fsp3) is 0.375. The molecule has 0 amide bonds. The molecule has 0 radical (unpaired) electrons. The van der Waals surface area contributed by atoms with Crippen LogP contribution in [0.1, 0.15) is 5.56 Å². The highest BCUT2D eigenvalue weighted by molar-refractivity contribution is 6.30. The Kier molecular flexibility index (Phi) is 5.62. The van der Waals surface area contributed by atoms with Crippen LogP contribution < -0.4 is 15.2 Å². The van der Waals surface area contributed by atoms with E-state index in [1.54, 1.807) is 6.21 Å². The molecule has 1 aromatic heterocycles. The smallest absolute Gasteiger partial charge is 0.250 e. The van der Waals surface area contributed by atoms with Crippen molar-refractivity contribution in [3.05, 3.63) is 34.9 Å². The van der Waals surface area contributed by atoms with Gasteiger partial charge in [-0.25, -0.2) is 5.43 Å². The lowest BCUT2D eigenvalue weighted by molar-refractivity contribution is 0.122. The maximum Gasteiger partial charge on any atom is 0.250 e. The summed E-state index contributed by atoms with van der Waals surface area (Å²) in [6.45, 7) is 2.84. The number of halogens is 1. The summed E-state index contributed by atoms with van der Waals surface area (Å²) in [7, 11) is 3.78.